The molecule has 1 aromatic carbocycles. The number of carbonyl (C=O) groups excluding carboxylic acids is 1. The molecule has 0 bridgehead atoms. The van der Waals surface area contributed by atoms with E-state index in [0.717, 1.165) is 36.3 Å². The molecule has 1 aliphatic carbocycles. The third-order valence-corrected chi connectivity index (χ3v) is 5.02. The Balaban J connectivity index is 1.52. The highest BCUT2D eigenvalue weighted by Gasteiger charge is 2.45. The van der Waals surface area contributed by atoms with Crippen LogP contribution >= 0.6 is 0 Å². The molecule has 1 saturated carbocycles. The van der Waals surface area contributed by atoms with Crippen molar-refractivity contribution in [3.63, 3.8) is 0 Å². The van der Waals surface area contributed by atoms with Crippen LogP contribution < -0.4 is 10.1 Å². The zero-order valence-corrected chi connectivity index (χ0v) is 14.1. The number of rotatable bonds is 4. The fourth-order valence-electron chi connectivity index (χ4n) is 3.25. The molecule has 1 unspecified atom stereocenters. The summed E-state index contributed by atoms with van der Waals surface area (Å²) in [6.07, 6.45) is 4.61. The number of hydrogen-bond donors (Lipinski definition) is 1. The van der Waals surface area contributed by atoms with Crippen LogP contribution in [0.5, 0.6) is 5.75 Å². The number of ether oxygens (including phenoxy) is 1. The molecule has 1 N–H and O–H groups in total. The van der Waals surface area contributed by atoms with Crippen LogP contribution in [-0.2, 0) is 11.2 Å². The van der Waals surface area contributed by atoms with Crippen LogP contribution in [0.25, 0.3) is 11.3 Å². The van der Waals surface area contributed by atoms with Crippen molar-refractivity contribution >= 4 is 5.91 Å². The lowest BCUT2D eigenvalue weighted by Crippen LogP contribution is -2.38. The first-order valence-corrected chi connectivity index (χ1v) is 8.55. The monoisotopic (exact) mass is 322 g/mol. The second-order valence-corrected chi connectivity index (χ2v) is 7.23. The lowest BCUT2D eigenvalue weighted by Gasteiger charge is -2.15. The first-order chi connectivity index (χ1) is 11.5. The van der Waals surface area contributed by atoms with Gasteiger partial charge in [0.05, 0.1) is 12.2 Å². The van der Waals surface area contributed by atoms with Gasteiger partial charge in [-0.1, -0.05) is 19.1 Å². The van der Waals surface area contributed by atoms with E-state index in [1.54, 1.807) is 6.20 Å². The molecule has 0 spiro atoms. The Morgan fingerprint density at radius 2 is 2.21 bits per heavy atom. The van der Waals surface area contributed by atoms with Crippen molar-refractivity contribution < 1.29 is 9.53 Å². The van der Waals surface area contributed by atoms with E-state index in [0.29, 0.717) is 6.54 Å². The summed E-state index contributed by atoms with van der Waals surface area (Å²) in [4.78, 5) is 16.6. The fraction of sp³-hybridized carbons (Fsp3) is 0.400. The summed E-state index contributed by atoms with van der Waals surface area (Å²) in [7, 11) is 0. The van der Waals surface area contributed by atoms with Gasteiger partial charge in [0, 0.05) is 23.6 Å². The number of aryl methyl sites for hydroxylation is 1. The maximum absolute atomic E-state index is 12.1. The molecule has 124 valence electrons. The van der Waals surface area contributed by atoms with Crippen LogP contribution in [0.15, 0.2) is 36.5 Å². The van der Waals surface area contributed by atoms with Gasteiger partial charge < -0.3 is 10.1 Å². The first-order valence-electron chi connectivity index (χ1n) is 8.55. The van der Waals surface area contributed by atoms with Crippen molar-refractivity contribution in [3.8, 4) is 17.0 Å². The van der Waals surface area contributed by atoms with Gasteiger partial charge in [-0.2, -0.15) is 0 Å². The van der Waals surface area contributed by atoms with E-state index in [2.05, 4.69) is 29.4 Å². The van der Waals surface area contributed by atoms with E-state index in [-0.39, 0.29) is 17.4 Å². The molecule has 2 aromatic rings. The summed E-state index contributed by atoms with van der Waals surface area (Å²) in [6.45, 7) is 4.68. The number of benzene rings is 1. The van der Waals surface area contributed by atoms with Crippen molar-refractivity contribution in [2.75, 3.05) is 6.54 Å². The second kappa shape index (κ2) is 5.62. The minimum Gasteiger partial charge on any atom is -0.487 e. The standard InChI is InChI=1S/C20H22N2O2/c1-13-9-14-11-15(12-22-19(23)20(2)6-7-20)24-18(14)16(10-13)17-5-3-4-8-21-17/h3-5,8-10,15H,6-7,11-12H2,1-2H3,(H,22,23). The summed E-state index contributed by atoms with van der Waals surface area (Å²) >= 11 is 0. The highest BCUT2D eigenvalue weighted by atomic mass is 16.5. The number of nitrogens with zero attached hydrogens (tertiary/aromatic N) is 1. The average molecular weight is 322 g/mol. The summed E-state index contributed by atoms with van der Waals surface area (Å²) in [5.74, 6) is 1.07. The minimum absolute atomic E-state index is 0.00411. The molecule has 2 aliphatic rings. The van der Waals surface area contributed by atoms with Gasteiger partial charge in [0.25, 0.3) is 0 Å². The molecule has 24 heavy (non-hydrogen) atoms. The fourth-order valence-corrected chi connectivity index (χ4v) is 3.25. The molecule has 2 heterocycles. The second-order valence-electron chi connectivity index (χ2n) is 7.23. The van der Waals surface area contributed by atoms with E-state index in [1.807, 2.05) is 25.1 Å². The van der Waals surface area contributed by atoms with E-state index < -0.39 is 0 Å². The molecular formula is C20H22N2O2. The summed E-state index contributed by atoms with van der Waals surface area (Å²) in [6, 6.07) is 10.2. The zero-order valence-electron chi connectivity index (χ0n) is 14.1. The molecule has 1 aromatic heterocycles. The van der Waals surface area contributed by atoms with Gasteiger partial charge in [0.1, 0.15) is 11.9 Å². The Bertz CT molecular complexity index is 782. The molecule has 4 heteroatoms. The third-order valence-electron chi connectivity index (χ3n) is 5.02. The Kier molecular flexibility index (Phi) is 3.56. The lowest BCUT2D eigenvalue weighted by atomic mass is 10.0. The Morgan fingerprint density at radius 1 is 1.38 bits per heavy atom. The zero-order chi connectivity index (χ0) is 16.7. The van der Waals surface area contributed by atoms with Crippen LogP contribution in [0.4, 0.5) is 0 Å². The molecule has 4 rings (SSSR count). The quantitative estimate of drug-likeness (QED) is 0.940. The van der Waals surface area contributed by atoms with Crippen LogP contribution in [0, 0.1) is 12.3 Å². The maximum Gasteiger partial charge on any atom is 0.226 e. The number of pyridine rings is 1. The lowest BCUT2D eigenvalue weighted by molar-refractivity contribution is -0.126. The van der Waals surface area contributed by atoms with Gasteiger partial charge in [-0.05, 0) is 49.1 Å². The summed E-state index contributed by atoms with van der Waals surface area (Å²) in [5, 5.41) is 3.06. The van der Waals surface area contributed by atoms with Gasteiger partial charge in [-0.25, -0.2) is 0 Å². The molecular weight excluding hydrogens is 300 g/mol. The van der Waals surface area contributed by atoms with E-state index in [9.17, 15) is 4.79 Å². The van der Waals surface area contributed by atoms with Crippen molar-refractivity contribution in [2.24, 2.45) is 5.41 Å². The minimum atomic E-state index is -0.138. The number of carbonyl (C=O) groups is 1. The number of hydrogen-bond acceptors (Lipinski definition) is 3. The smallest absolute Gasteiger partial charge is 0.226 e. The van der Waals surface area contributed by atoms with Crippen molar-refractivity contribution in [3.05, 3.63) is 47.7 Å². The number of aromatic nitrogens is 1. The first kappa shape index (κ1) is 15.2. The molecule has 1 aliphatic heterocycles. The molecule has 1 amide bonds. The predicted molar refractivity (Wildman–Crippen MR) is 92.9 cm³/mol. The van der Waals surface area contributed by atoms with Crippen LogP contribution in [-0.4, -0.2) is 23.5 Å². The molecule has 4 nitrogen and oxygen atoms in total. The number of nitrogens with one attached hydrogen (secondary N) is 1. The number of fused-ring (bicyclic) bond motifs is 1. The van der Waals surface area contributed by atoms with Gasteiger partial charge >= 0.3 is 0 Å². The highest BCUT2D eigenvalue weighted by Crippen LogP contribution is 2.45. The topological polar surface area (TPSA) is 51.2 Å². The van der Waals surface area contributed by atoms with Crippen LogP contribution in [0.2, 0.25) is 0 Å². The Hall–Kier alpha value is -2.36. The SMILES string of the molecule is Cc1cc2c(c(-c3ccccn3)c1)OC(CNC(=O)C1(C)CC1)C2. The van der Waals surface area contributed by atoms with Crippen molar-refractivity contribution in [1.82, 2.24) is 10.3 Å². The van der Waals surface area contributed by atoms with Gasteiger partial charge in [-0.15, -0.1) is 0 Å². The summed E-state index contributed by atoms with van der Waals surface area (Å²) in [5.41, 5.74) is 4.23. The number of amides is 1. The summed E-state index contributed by atoms with van der Waals surface area (Å²) < 4.78 is 6.18. The average Bonchev–Trinajstić information content (AvgIpc) is 3.20. The van der Waals surface area contributed by atoms with Crippen molar-refractivity contribution in [1.29, 1.82) is 0 Å². The van der Waals surface area contributed by atoms with Crippen LogP contribution in [0.1, 0.15) is 30.9 Å². The maximum atomic E-state index is 12.1. The molecule has 1 fully saturated rings. The molecule has 1 atom stereocenters. The Labute approximate surface area is 142 Å². The Morgan fingerprint density at radius 3 is 2.92 bits per heavy atom. The van der Waals surface area contributed by atoms with Gasteiger partial charge in [0.15, 0.2) is 0 Å². The van der Waals surface area contributed by atoms with E-state index >= 15 is 0 Å². The van der Waals surface area contributed by atoms with Gasteiger partial charge in [-0.3, -0.25) is 9.78 Å². The highest BCUT2D eigenvalue weighted by molar-refractivity contribution is 5.84. The van der Waals surface area contributed by atoms with Crippen LogP contribution in [0.3, 0.4) is 0 Å². The van der Waals surface area contributed by atoms with E-state index in [4.69, 9.17) is 4.74 Å². The normalized spacial score (nSPS) is 20.2. The molecule has 0 saturated heterocycles. The third kappa shape index (κ3) is 2.77. The van der Waals surface area contributed by atoms with Crippen molar-refractivity contribution in [2.45, 2.75) is 39.2 Å². The van der Waals surface area contributed by atoms with E-state index in [1.165, 1.54) is 11.1 Å². The predicted octanol–water partition coefficient (Wildman–Crippen LogP) is 3.28. The van der Waals surface area contributed by atoms with Gasteiger partial charge in [0.2, 0.25) is 5.91 Å². The molecule has 0 radical (unpaired) electrons. The largest absolute Gasteiger partial charge is 0.487 e.